The van der Waals surface area contributed by atoms with Crippen molar-refractivity contribution in [3.05, 3.63) is 29.3 Å². The van der Waals surface area contributed by atoms with Crippen molar-refractivity contribution in [2.45, 2.75) is 50.0 Å². The number of hydrogen-bond acceptors (Lipinski definition) is 2. The van der Waals surface area contributed by atoms with Gasteiger partial charge in [0.25, 0.3) is 0 Å². The van der Waals surface area contributed by atoms with Gasteiger partial charge in [0.1, 0.15) is 0 Å². The van der Waals surface area contributed by atoms with Gasteiger partial charge in [0.2, 0.25) is 5.91 Å². The van der Waals surface area contributed by atoms with E-state index in [1.807, 2.05) is 24.3 Å². The Morgan fingerprint density at radius 1 is 1.35 bits per heavy atom. The molecule has 1 saturated carbocycles. The first-order chi connectivity index (χ1) is 9.66. The van der Waals surface area contributed by atoms with Crippen LogP contribution in [-0.2, 0) is 4.79 Å². The Hall–Kier alpha value is -0.670. The summed E-state index contributed by atoms with van der Waals surface area (Å²) in [6.45, 7) is 2.24. The fourth-order valence-corrected chi connectivity index (χ4v) is 3.81. The van der Waals surface area contributed by atoms with E-state index < -0.39 is 0 Å². The number of benzene rings is 1. The zero-order valence-electron chi connectivity index (χ0n) is 11.9. The van der Waals surface area contributed by atoms with Crippen molar-refractivity contribution in [2.75, 3.05) is 5.75 Å². The first-order valence-electron chi connectivity index (χ1n) is 7.33. The van der Waals surface area contributed by atoms with E-state index in [9.17, 15) is 4.79 Å². The van der Waals surface area contributed by atoms with Gasteiger partial charge >= 0.3 is 0 Å². The first-order valence-corrected chi connectivity index (χ1v) is 8.70. The van der Waals surface area contributed by atoms with Gasteiger partial charge in [-0.15, -0.1) is 11.8 Å². The monoisotopic (exact) mass is 311 g/mol. The van der Waals surface area contributed by atoms with Gasteiger partial charge in [-0.3, -0.25) is 4.79 Å². The van der Waals surface area contributed by atoms with Gasteiger partial charge in [-0.1, -0.05) is 43.5 Å². The predicted octanol–water partition coefficient (Wildman–Crippen LogP) is 4.52. The van der Waals surface area contributed by atoms with Crippen LogP contribution in [0.1, 0.15) is 39.0 Å². The third-order valence-electron chi connectivity index (χ3n) is 3.88. The molecular weight excluding hydrogens is 290 g/mol. The van der Waals surface area contributed by atoms with Crippen LogP contribution >= 0.6 is 23.4 Å². The van der Waals surface area contributed by atoms with Gasteiger partial charge in [-0.05, 0) is 30.9 Å². The third kappa shape index (κ3) is 4.71. The van der Waals surface area contributed by atoms with E-state index in [2.05, 4.69) is 12.2 Å². The molecule has 0 aliphatic heterocycles. The molecule has 20 heavy (non-hydrogen) atoms. The molecule has 1 aliphatic rings. The molecule has 1 aromatic rings. The normalized spacial score (nSPS) is 22.5. The van der Waals surface area contributed by atoms with E-state index in [0.717, 1.165) is 22.1 Å². The van der Waals surface area contributed by atoms with Crippen molar-refractivity contribution in [3.63, 3.8) is 0 Å². The van der Waals surface area contributed by atoms with Crippen LogP contribution in [0.2, 0.25) is 5.02 Å². The van der Waals surface area contributed by atoms with Gasteiger partial charge < -0.3 is 5.32 Å². The highest BCUT2D eigenvalue weighted by atomic mass is 35.5. The summed E-state index contributed by atoms with van der Waals surface area (Å²) in [7, 11) is 0. The average Bonchev–Trinajstić information content (AvgIpc) is 2.43. The minimum Gasteiger partial charge on any atom is -0.353 e. The van der Waals surface area contributed by atoms with E-state index in [1.54, 1.807) is 11.8 Å². The topological polar surface area (TPSA) is 29.1 Å². The van der Waals surface area contributed by atoms with E-state index in [1.165, 1.54) is 19.3 Å². The number of hydrogen-bond donors (Lipinski definition) is 1. The Bertz CT molecular complexity index is 452. The van der Waals surface area contributed by atoms with Crippen LogP contribution in [0.4, 0.5) is 0 Å². The largest absolute Gasteiger partial charge is 0.353 e. The molecule has 2 atom stereocenters. The van der Waals surface area contributed by atoms with Gasteiger partial charge in [0.15, 0.2) is 0 Å². The molecule has 0 spiro atoms. The van der Waals surface area contributed by atoms with Crippen LogP contribution in [0.5, 0.6) is 0 Å². The summed E-state index contributed by atoms with van der Waals surface area (Å²) < 4.78 is 0. The molecule has 1 aromatic carbocycles. The Kier molecular flexibility index (Phi) is 6.24. The summed E-state index contributed by atoms with van der Waals surface area (Å²) in [4.78, 5) is 13.0. The maximum atomic E-state index is 12.0. The van der Waals surface area contributed by atoms with E-state index in [-0.39, 0.29) is 5.91 Å². The van der Waals surface area contributed by atoms with Crippen molar-refractivity contribution in [1.82, 2.24) is 5.32 Å². The molecule has 1 fully saturated rings. The minimum absolute atomic E-state index is 0.170. The highest BCUT2D eigenvalue weighted by Gasteiger charge is 2.22. The Morgan fingerprint density at radius 3 is 2.85 bits per heavy atom. The SMILES string of the molecule is CC1CCCCC1NC(=O)CCSc1ccccc1Cl. The van der Waals surface area contributed by atoms with Crippen molar-refractivity contribution in [1.29, 1.82) is 0 Å². The molecule has 1 N–H and O–H groups in total. The van der Waals surface area contributed by atoms with Crippen LogP contribution in [0.15, 0.2) is 29.2 Å². The van der Waals surface area contributed by atoms with Gasteiger partial charge in [0.05, 0.1) is 5.02 Å². The molecule has 4 heteroatoms. The molecule has 2 rings (SSSR count). The fraction of sp³-hybridized carbons (Fsp3) is 0.562. The predicted molar refractivity (Wildman–Crippen MR) is 86.4 cm³/mol. The first kappa shape index (κ1) is 15.7. The number of rotatable bonds is 5. The minimum atomic E-state index is 0.170. The van der Waals surface area contributed by atoms with Crippen LogP contribution in [0.25, 0.3) is 0 Å². The number of carbonyl (C=O) groups is 1. The number of nitrogens with one attached hydrogen (secondary N) is 1. The lowest BCUT2D eigenvalue weighted by Crippen LogP contribution is -2.41. The zero-order valence-corrected chi connectivity index (χ0v) is 13.5. The molecule has 0 radical (unpaired) electrons. The van der Waals surface area contributed by atoms with E-state index in [4.69, 9.17) is 11.6 Å². The highest BCUT2D eigenvalue weighted by Crippen LogP contribution is 2.27. The molecule has 110 valence electrons. The zero-order chi connectivity index (χ0) is 14.4. The van der Waals surface area contributed by atoms with Gasteiger partial charge in [-0.2, -0.15) is 0 Å². The standard InChI is InChI=1S/C16H22ClNOS/c1-12-6-2-4-8-14(12)18-16(19)10-11-20-15-9-5-3-7-13(15)17/h3,5,7,9,12,14H,2,4,6,8,10-11H2,1H3,(H,18,19). The number of carbonyl (C=O) groups excluding carboxylic acids is 1. The summed E-state index contributed by atoms with van der Waals surface area (Å²) in [5.74, 6) is 1.56. The second-order valence-electron chi connectivity index (χ2n) is 5.46. The molecular formula is C16H22ClNOS. The van der Waals surface area contributed by atoms with Crippen molar-refractivity contribution in [2.24, 2.45) is 5.92 Å². The van der Waals surface area contributed by atoms with Crippen LogP contribution in [0.3, 0.4) is 0 Å². The second-order valence-corrected chi connectivity index (χ2v) is 7.01. The van der Waals surface area contributed by atoms with E-state index >= 15 is 0 Å². The van der Waals surface area contributed by atoms with Crippen LogP contribution in [-0.4, -0.2) is 17.7 Å². The molecule has 2 nitrogen and oxygen atoms in total. The number of amides is 1. The van der Waals surface area contributed by atoms with Crippen molar-refractivity contribution in [3.8, 4) is 0 Å². The van der Waals surface area contributed by atoms with Gasteiger partial charge in [-0.25, -0.2) is 0 Å². The smallest absolute Gasteiger partial charge is 0.221 e. The molecule has 1 aliphatic carbocycles. The Balaban J connectivity index is 1.71. The van der Waals surface area contributed by atoms with Crippen LogP contribution in [0, 0.1) is 5.92 Å². The summed E-state index contributed by atoms with van der Waals surface area (Å²) in [6, 6.07) is 8.14. The maximum Gasteiger partial charge on any atom is 0.221 e. The molecule has 0 bridgehead atoms. The highest BCUT2D eigenvalue weighted by molar-refractivity contribution is 7.99. The lowest BCUT2D eigenvalue weighted by molar-refractivity contribution is -0.121. The Morgan fingerprint density at radius 2 is 2.10 bits per heavy atom. The fourth-order valence-electron chi connectivity index (χ4n) is 2.63. The third-order valence-corrected chi connectivity index (χ3v) is 5.40. The lowest BCUT2D eigenvalue weighted by Gasteiger charge is -2.29. The maximum absolute atomic E-state index is 12.0. The summed E-state index contributed by atoms with van der Waals surface area (Å²) >= 11 is 7.74. The second kappa shape index (κ2) is 7.94. The van der Waals surface area contributed by atoms with Gasteiger partial charge in [0, 0.05) is 23.1 Å². The molecule has 0 saturated heterocycles. The van der Waals surface area contributed by atoms with E-state index in [0.29, 0.717) is 18.4 Å². The van der Waals surface area contributed by atoms with Crippen molar-refractivity contribution < 1.29 is 4.79 Å². The quantitative estimate of drug-likeness (QED) is 0.810. The molecule has 1 amide bonds. The summed E-state index contributed by atoms with van der Waals surface area (Å²) in [5, 5.41) is 3.95. The van der Waals surface area contributed by atoms with Crippen molar-refractivity contribution >= 4 is 29.3 Å². The molecule has 0 heterocycles. The molecule has 2 unspecified atom stereocenters. The van der Waals surface area contributed by atoms with Crippen LogP contribution < -0.4 is 5.32 Å². The molecule has 0 aromatic heterocycles. The number of thioether (sulfide) groups is 1. The lowest BCUT2D eigenvalue weighted by atomic mass is 9.86. The number of halogens is 1. The average molecular weight is 312 g/mol. The summed E-state index contributed by atoms with van der Waals surface area (Å²) in [6.07, 6.45) is 5.46. The Labute approximate surface area is 130 Å². The summed E-state index contributed by atoms with van der Waals surface area (Å²) in [5.41, 5.74) is 0.